The molecule has 17 heavy (non-hydrogen) atoms. The minimum Gasteiger partial charge on any atom is -0.388 e. The van der Waals surface area contributed by atoms with E-state index in [1.807, 2.05) is 6.92 Å². The second-order valence-electron chi connectivity index (χ2n) is 5.01. The summed E-state index contributed by atoms with van der Waals surface area (Å²) in [5.41, 5.74) is -0.796. The summed E-state index contributed by atoms with van der Waals surface area (Å²) in [6.45, 7) is 8.26. The second-order valence-corrected chi connectivity index (χ2v) is 5.01. The van der Waals surface area contributed by atoms with E-state index in [1.54, 1.807) is 6.92 Å². The van der Waals surface area contributed by atoms with E-state index >= 15 is 0 Å². The number of nitrogens with one attached hydrogen (secondary N) is 2. The Hall–Kier alpha value is -0.650. The van der Waals surface area contributed by atoms with Crippen molar-refractivity contribution in [2.45, 2.75) is 32.3 Å². The third kappa shape index (κ3) is 6.00. The Bertz CT molecular complexity index is 236. The fourth-order valence-corrected chi connectivity index (χ4v) is 1.73. The highest BCUT2D eigenvalue weighted by Crippen LogP contribution is 2.05. The molecule has 0 bridgehead atoms. The number of rotatable bonds is 5. The van der Waals surface area contributed by atoms with Crippen LogP contribution in [0.4, 0.5) is 0 Å². The number of hydrogen-bond acceptors (Lipinski definition) is 4. The van der Waals surface area contributed by atoms with Gasteiger partial charge in [-0.15, -0.1) is 0 Å². The molecule has 100 valence electrons. The Kier molecular flexibility index (Phi) is 5.88. The third-order valence-electron chi connectivity index (χ3n) is 3.23. The Morgan fingerprint density at radius 2 is 2.24 bits per heavy atom. The van der Waals surface area contributed by atoms with Crippen LogP contribution in [0.25, 0.3) is 0 Å². The molecule has 0 saturated carbocycles. The van der Waals surface area contributed by atoms with Crippen LogP contribution in [-0.4, -0.2) is 60.8 Å². The Morgan fingerprint density at radius 3 is 2.94 bits per heavy atom. The van der Waals surface area contributed by atoms with Crippen molar-refractivity contribution in [3.05, 3.63) is 0 Å². The van der Waals surface area contributed by atoms with Crippen LogP contribution in [0.3, 0.4) is 0 Å². The SMILES string of the molecule is CCC(C)(O)CNC(=O)CN1CCCNCC1. The van der Waals surface area contributed by atoms with Gasteiger partial charge >= 0.3 is 0 Å². The molecule has 1 unspecified atom stereocenters. The number of amides is 1. The lowest BCUT2D eigenvalue weighted by Gasteiger charge is -2.23. The number of carbonyl (C=O) groups excluding carboxylic acids is 1. The van der Waals surface area contributed by atoms with Crippen LogP contribution in [0, 0.1) is 0 Å². The lowest BCUT2D eigenvalue weighted by molar-refractivity contribution is -0.123. The molecule has 0 aliphatic carbocycles. The molecular weight excluding hydrogens is 218 g/mol. The highest BCUT2D eigenvalue weighted by Gasteiger charge is 2.19. The average molecular weight is 243 g/mol. The molecule has 3 N–H and O–H groups in total. The summed E-state index contributed by atoms with van der Waals surface area (Å²) in [4.78, 5) is 13.9. The predicted octanol–water partition coefficient (Wildman–Crippen LogP) is -0.441. The van der Waals surface area contributed by atoms with Gasteiger partial charge in [0.15, 0.2) is 0 Å². The lowest BCUT2D eigenvalue weighted by Crippen LogP contribution is -2.44. The van der Waals surface area contributed by atoms with Crippen molar-refractivity contribution >= 4 is 5.91 Å². The van der Waals surface area contributed by atoms with Gasteiger partial charge in [-0.1, -0.05) is 6.92 Å². The fraction of sp³-hybridized carbons (Fsp3) is 0.917. The summed E-state index contributed by atoms with van der Waals surface area (Å²) in [6, 6.07) is 0. The minimum atomic E-state index is -0.796. The number of aliphatic hydroxyl groups is 1. The first kappa shape index (κ1) is 14.4. The summed E-state index contributed by atoms with van der Waals surface area (Å²) in [5.74, 6) is 0.000579. The van der Waals surface area contributed by atoms with E-state index < -0.39 is 5.60 Å². The van der Waals surface area contributed by atoms with Crippen molar-refractivity contribution in [3.63, 3.8) is 0 Å². The van der Waals surface area contributed by atoms with E-state index in [1.165, 1.54) is 0 Å². The average Bonchev–Trinajstić information content (AvgIpc) is 2.55. The van der Waals surface area contributed by atoms with E-state index in [9.17, 15) is 9.90 Å². The Labute approximate surface area is 104 Å². The monoisotopic (exact) mass is 243 g/mol. The van der Waals surface area contributed by atoms with Gasteiger partial charge in [-0.25, -0.2) is 0 Å². The zero-order valence-electron chi connectivity index (χ0n) is 11.0. The molecule has 0 aromatic carbocycles. The fourth-order valence-electron chi connectivity index (χ4n) is 1.73. The first-order valence-electron chi connectivity index (χ1n) is 6.45. The summed E-state index contributed by atoms with van der Waals surface area (Å²) >= 11 is 0. The molecule has 5 heteroatoms. The maximum absolute atomic E-state index is 11.7. The summed E-state index contributed by atoms with van der Waals surface area (Å²) in [6.07, 6.45) is 1.72. The third-order valence-corrected chi connectivity index (χ3v) is 3.23. The highest BCUT2D eigenvalue weighted by molar-refractivity contribution is 5.78. The number of hydrogen-bond donors (Lipinski definition) is 3. The van der Waals surface area contributed by atoms with Gasteiger partial charge < -0.3 is 15.7 Å². The molecule has 0 radical (unpaired) electrons. The molecule has 1 aliphatic heterocycles. The van der Waals surface area contributed by atoms with Crippen LogP contribution >= 0.6 is 0 Å². The molecule has 1 fully saturated rings. The standard InChI is InChI=1S/C12H25N3O2/c1-3-12(2,17)10-14-11(16)9-15-7-4-5-13-6-8-15/h13,17H,3-10H2,1-2H3,(H,14,16). The topological polar surface area (TPSA) is 64.6 Å². The van der Waals surface area contributed by atoms with Crippen LogP contribution in [0.2, 0.25) is 0 Å². The summed E-state index contributed by atoms with van der Waals surface area (Å²) in [5, 5.41) is 15.9. The molecule has 1 aliphatic rings. The van der Waals surface area contributed by atoms with Crippen molar-refractivity contribution < 1.29 is 9.90 Å². The van der Waals surface area contributed by atoms with Crippen LogP contribution < -0.4 is 10.6 Å². The number of carbonyl (C=O) groups is 1. The van der Waals surface area contributed by atoms with Crippen molar-refractivity contribution in [2.75, 3.05) is 39.3 Å². The van der Waals surface area contributed by atoms with Crippen LogP contribution in [0.15, 0.2) is 0 Å². The minimum absolute atomic E-state index is 0.000579. The van der Waals surface area contributed by atoms with E-state index in [0.717, 1.165) is 32.6 Å². The van der Waals surface area contributed by atoms with Gasteiger partial charge in [-0.05, 0) is 32.9 Å². The van der Waals surface area contributed by atoms with E-state index in [0.29, 0.717) is 19.5 Å². The maximum Gasteiger partial charge on any atom is 0.234 e. The largest absolute Gasteiger partial charge is 0.388 e. The highest BCUT2D eigenvalue weighted by atomic mass is 16.3. The molecule has 5 nitrogen and oxygen atoms in total. The number of nitrogens with zero attached hydrogens (tertiary/aromatic N) is 1. The predicted molar refractivity (Wildman–Crippen MR) is 67.9 cm³/mol. The van der Waals surface area contributed by atoms with E-state index in [-0.39, 0.29) is 5.91 Å². The van der Waals surface area contributed by atoms with Crippen LogP contribution in [-0.2, 0) is 4.79 Å². The Morgan fingerprint density at radius 1 is 1.47 bits per heavy atom. The maximum atomic E-state index is 11.7. The Balaban J connectivity index is 2.24. The lowest BCUT2D eigenvalue weighted by atomic mass is 10.0. The van der Waals surface area contributed by atoms with Gasteiger partial charge in [-0.2, -0.15) is 0 Å². The van der Waals surface area contributed by atoms with Gasteiger partial charge in [0.25, 0.3) is 0 Å². The van der Waals surface area contributed by atoms with E-state index in [4.69, 9.17) is 0 Å². The van der Waals surface area contributed by atoms with Gasteiger partial charge in [0.1, 0.15) is 0 Å². The quantitative estimate of drug-likeness (QED) is 0.612. The van der Waals surface area contributed by atoms with Gasteiger partial charge in [0.2, 0.25) is 5.91 Å². The van der Waals surface area contributed by atoms with Crippen LogP contribution in [0.1, 0.15) is 26.7 Å². The first-order valence-corrected chi connectivity index (χ1v) is 6.45. The van der Waals surface area contributed by atoms with Crippen molar-refractivity contribution in [2.24, 2.45) is 0 Å². The van der Waals surface area contributed by atoms with E-state index in [2.05, 4.69) is 15.5 Å². The zero-order chi connectivity index (χ0) is 12.7. The molecule has 1 amide bonds. The molecular formula is C12H25N3O2. The van der Waals surface area contributed by atoms with Gasteiger partial charge in [0, 0.05) is 19.6 Å². The molecule has 1 heterocycles. The van der Waals surface area contributed by atoms with Gasteiger partial charge in [0.05, 0.1) is 12.1 Å². The molecule has 0 aromatic heterocycles. The zero-order valence-corrected chi connectivity index (χ0v) is 11.0. The normalized spacial score (nSPS) is 21.6. The summed E-state index contributed by atoms with van der Waals surface area (Å²) < 4.78 is 0. The molecule has 1 saturated heterocycles. The van der Waals surface area contributed by atoms with Crippen molar-refractivity contribution in [1.82, 2.24) is 15.5 Å². The smallest absolute Gasteiger partial charge is 0.234 e. The summed E-state index contributed by atoms with van der Waals surface area (Å²) in [7, 11) is 0. The molecule has 0 spiro atoms. The molecule has 1 atom stereocenters. The molecule has 0 aromatic rings. The van der Waals surface area contributed by atoms with Crippen molar-refractivity contribution in [3.8, 4) is 0 Å². The molecule has 1 rings (SSSR count). The first-order chi connectivity index (χ1) is 8.03. The second kappa shape index (κ2) is 6.93. The van der Waals surface area contributed by atoms with Crippen LogP contribution in [0.5, 0.6) is 0 Å². The van der Waals surface area contributed by atoms with Gasteiger partial charge in [-0.3, -0.25) is 9.69 Å². The van der Waals surface area contributed by atoms with Crippen molar-refractivity contribution in [1.29, 1.82) is 0 Å².